The highest BCUT2D eigenvalue weighted by atomic mass is 16.1. The number of fused-ring (bicyclic) bond motifs is 1. The van der Waals surface area contributed by atoms with Crippen molar-refractivity contribution in [2.45, 2.75) is 0 Å². The van der Waals surface area contributed by atoms with Crippen LogP contribution in [0.2, 0.25) is 0 Å². The number of benzene rings is 2. The topological polar surface area (TPSA) is 45.8 Å². The maximum atomic E-state index is 10.6. The molecule has 1 N–H and O–H groups in total. The van der Waals surface area contributed by atoms with Gasteiger partial charge in [0.05, 0.1) is 11.9 Å². The van der Waals surface area contributed by atoms with E-state index in [0.29, 0.717) is 5.69 Å². The van der Waals surface area contributed by atoms with Crippen molar-refractivity contribution in [3.05, 3.63) is 54.4 Å². The van der Waals surface area contributed by atoms with E-state index in [0.717, 1.165) is 28.4 Å². The summed E-state index contributed by atoms with van der Waals surface area (Å²) in [6.45, 7) is 0. The van der Waals surface area contributed by atoms with Crippen LogP contribution in [0.4, 0.5) is 0 Å². The lowest BCUT2D eigenvalue weighted by Gasteiger charge is -2.03. The largest absolute Gasteiger partial charge is 0.336 e. The van der Waals surface area contributed by atoms with Crippen LogP contribution in [0, 0.1) is 0 Å². The molecule has 17 heavy (non-hydrogen) atoms. The predicted molar refractivity (Wildman–Crippen MR) is 66.9 cm³/mol. The van der Waals surface area contributed by atoms with Gasteiger partial charge in [0.15, 0.2) is 6.29 Å². The first-order valence-electron chi connectivity index (χ1n) is 5.37. The number of aldehydes is 1. The Morgan fingerprint density at radius 1 is 1.06 bits per heavy atom. The molecule has 3 rings (SSSR count). The van der Waals surface area contributed by atoms with Crippen LogP contribution in [0.15, 0.2) is 48.7 Å². The van der Waals surface area contributed by atoms with E-state index in [4.69, 9.17) is 0 Å². The molecule has 0 spiro atoms. The third kappa shape index (κ3) is 1.61. The van der Waals surface area contributed by atoms with E-state index in [1.807, 2.05) is 30.3 Å². The molecule has 1 heterocycles. The minimum absolute atomic E-state index is 0.493. The van der Waals surface area contributed by atoms with Gasteiger partial charge in [0.1, 0.15) is 5.82 Å². The van der Waals surface area contributed by atoms with Crippen molar-refractivity contribution in [1.82, 2.24) is 9.97 Å². The Morgan fingerprint density at radius 3 is 2.71 bits per heavy atom. The fourth-order valence-corrected chi connectivity index (χ4v) is 1.96. The molecule has 0 saturated carbocycles. The molecule has 3 aromatic rings. The number of aromatic amines is 1. The van der Waals surface area contributed by atoms with E-state index in [-0.39, 0.29) is 0 Å². The number of aromatic nitrogens is 2. The van der Waals surface area contributed by atoms with Gasteiger partial charge in [0, 0.05) is 5.56 Å². The van der Waals surface area contributed by atoms with Gasteiger partial charge in [-0.15, -0.1) is 0 Å². The molecule has 0 aliphatic carbocycles. The number of hydrogen-bond donors (Lipinski definition) is 1. The number of nitrogens with zero attached hydrogens (tertiary/aromatic N) is 1. The second kappa shape index (κ2) is 3.87. The highest BCUT2D eigenvalue weighted by molar-refractivity contribution is 5.95. The minimum Gasteiger partial charge on any atom is -0.336 e. The third-order valence-corrected chi connectivity index (χ3v) is 2.77. The molecule has 0 unspecified atom stereocenters. The molecule has 0 atom stereocenters. The quantitative estimate of drug-likeness (QED) is 0.677. The fourth-order valence-electron chi connectivity index (χ4n) is 1.96. The SMILES string of the molecule is O=Cc1cnc(-c2cccc3ccccc23)[nH]1. The first-order chi connectivity index (χ1) is 8.38. The van der Waals surface area contributed by atoms with Crippen LogP contribution in [0.3, 0.4) is 0 Å². The van der Waals surface area contributed by atoms with Gasteiger partial charge in [-0.25, -0.2) is 4.98 Å². The van der Waals surface area contributed by atoms with E-state index in [1.54, 1.807) is 6.20 Å². The lowest BCUT2D eigenvalue weighted by molar-refractivity contribution is 0.111. The van der Waals surface area contributed by atoms with Crippen LogP contribution < -0.4 is 0 Å². The lowest BCUT2D eigenvalue weighted by Crippen LogP contribution is -1.84. The summed E-state index contributed by atoms with van der Waals surface area (Å²) >= 11 is 0. The standard InChI is InChI=1S/C14H10N2O/c17-9-11-8-15-14(16-11)13-7-3-5-10-4-1-2-6-12(10)13/h1-9H,(H,15,16). The number of hydrogen-bond acceptors (Lipinski definition) is 2. The zero-order valence-corrected chi connectivity index (χ0v) is 9.05. The number of imidazole rings is 1. The van der Waals surface area contributed by atoms with Gasteiger partial charge in [-0.1, -0.05) is 42.5 Å². The molecule has 0 aliphatic heterocycles. The van der Waals surface area contributed by atoms with Crippen LogP contribution in [-0.2, 0) is 0 Å². The smallest absolute Gasteiger partial charge is 0.167 e. The Kier molecular flexibility index (Phi) is 2.22. The molecule has 3 nitrogen and oxygen atoms in total. The van der Waals surface area contributed by atoms with Crippen molar-refractivity contribution in [2.75, 3.05) is 0 Å². The molecule has 1 aromatic heterocycles. The number of carbonyl (C=O) groups is 1. The molecule has 0 radical (unpaired) electrons. The van der Waals surface area contributed by atoms with Crippen LogP contribution in [0.1, 0.15) is 10.5 Å². The summed E-state index contributed by atoms with van der Waals surface area (Å²) in [4.78, 5) is 17.9. The van der Waals surface area contributed by atoms with Gasteiger partial charge in [0.25, 0.3) is 0 Å². The Morgan fingerprint density at radius 2 is 1.88 bits per heavy atom. The zero-order valence-electron chi connectivity index (χ0n) is 9.05. The van der Waals surface area contributed by atoms with Crippen LogP contribution in [0.5, 0.6) is 0 Å². The van der Waals surface area contributed by atoms with Gasteiger partial charge >= 0.3 is 0 Å². The summed E-state index contributed by atoms with van der Waals surface area (Å²) in [5.74, 6) is 0.726. The van der Waals surface area contributed by atoms with Crippen molar-refractivity contribution < 1.29 is 4.79 Å². The van der Waals surface area contributed by atoms with E-state index < -0.39 is 0 Å². The average Bonchev–Trinajstić information content (AvgIpc) is 2.87. The van der Waals surface area contributed by atoms with Gasteiger partial charge in [-0.2, -0.15) is 0 Å². The maximum Gasteiger partial charge on any atom is 0.167 e. The highest BCUT2D eigenvalue weighted by Crippen LogP contribution is 2.26. The molecule has 0 fully saturated rings. The summed E-state index contributed by atoms with van der Waals surface area (Å²) in [6, 6.07) is 14.1. The van der Waals surface area contributed by atoms with E-state index >= 15 is 0 Å². The van der Waals surface area contributed by atoms with Gasteiger partial charge < -0.3 is 4.98 Å². The summed E-state index contributed by atoms with van der Waals surface area (Å²) in [5, 5.41) is 2.29. The summed E-state index contributed by atoms with van der Waals surface area (Å²) < 4.78 is 0. The summed E-state index contributed by atoms with van der Waals surface area (Å²) in [7, 11) is 0. The molecule has 2 aromatic carbocycles. The van der Waals surface area contributed by atoms with Gasteiger partial charge in [-0.05, 0) is 10.8 Å². The molecular weight excluding hydrogens is 212 g/mol. The van der Waals surface area contributed by atoms with E-state index in [9.17, 15) is 4.79 Å². The lowest BCUT2D eigenvalue weighted by atomic mass is 10.0. The Bertz CT molecular complexity index is 680. The predicted octanol–water partition coefficient (Wildman–Crippen LogP) is 3.04. The Hall–Kier alpha value is -2.42. The van der Waals surface area contributed by atoms with Crippen molar-refractivity contribution in [1.29, 1.82) is 0 Å². The van der Waals surface area contributed by atoms with E-state index in [1.165, 1.54) is 0 Å². The highest BCUT2D eigenvalue weighted by Gasteiger charge is 2.06. The summed E-state index contributed by atoms with van der Waals surface area (Å²) in [5.41, 5.74) is 1.50. The summed E-state index contributed by atoms with van der Waals surface area (Å²) in [6.07, 6.45) is 2.31. The monoisotopic (exact) mass is 222 g/mol. The van der Waals surface area contributed by atoms with Crippen molar-refractivity contribution >= 4 is 17.1 Å². The molecule has 0 aliphatic rings. The molecule has 0 amide bonds. The number of H-pyrrole nitrogens is 1. The number of nitrogens with one attached hydrogen (secondary N) is 1. The fraction of sp³-hybridized carbons (Fsp3) is 0. The van der Waals surface area contributed by atoms with Gasteiger partial charge in [0.2, 0.25) is 0 Å². The van der Waals surface area contributed by atoms with Crippen molar-refractivity contribution in [3.63, 3.8) is 0 Å². The second-order valence-corrected chi connectivity index (χ2v) is 3.83. The number of carbonyl (C=O) groups excluding carboxylic acids is 1. The zero-order chi connectivity index (χ0) is 11.7. The first-order valence-corrected chi connectivity index (χ1v) is 5.37. The molecule has 3 heteroatoms. The Labute approximate surface area is 98.1 Å². The van der Waals surface area contributed by atoms with E-state index in [2.05, 4.69) is 22.1 Å². The van der Waals surface area contributed by atoms with Crippen LogP contribution >= 0.6 is 0 Å². The second-order valence-electron chi connectivity index (χ2n) is 3.83. The normalized spacial score (nSPS) is 10.6. The minimum atomic E-state index is 0.493. The van der Waals surface area contributed by atoms with Crippen LogP contribution in [0.25, 0.3) is 22.2 Å². The van der Waals surface area contributed by atoms with Crippen molar-refractivity contribution in [2.24, 2.45) is 0 Å². The molecule has 0 bridgehead atoms. The molecule has 82 valence electrons. The molecular formula is C14H10N2O. The maximum absolute atomic E-state index is 10.6. The number of rotatable bonds is 2. The third-order valence-electron chi connectivity index (χ3n) is 2.77. The average molecular weight is 222 g/mol. The molecule has 0 saturated heterocycles. The van der Waals surface area contributed by atoms with Crippen molar-refractivity contribution in [3.8, 4) is 11.4 Å². The first kappa shape index (κ1) is 9.78. The van der Waals surface area contributed by atoms with Gasteiger partial charge in [-0.3, -0.25) is 4.79 Å². The Balaban J connectivity index is 2.26. The van der Waals surface area contributed by atoms with Crippen LogP contribution in [-0.4, -0.2) is 16.3 Å².